The Labute approximate surface area is 192 Å². The maximum absolute atomic E-state index is 13.6. The second kappa shape index (κ2) is 8.93. The Bertz CT molecular complexity index is 1230. The largest absolute Gasteiger partial charge is 0.493 e. The predicted molar refractivity (Wildman–Crippen MR) is 126 cm³/mol. The fraction of sp³-hybridized carbons (Fsp3) is 0.333. The van der Waals surface area contributed by atoms with Gasteiger partial charge in [0.15, 0.2) is 11.5 Å². The first-order valence-corrected chi connectivity index (χ1v) is 10.8. The SMILES string of the molecule is COc1cc(C2C(C(=O)Nc3ccc(C)cc3C)=C(C)Nc3nnnn32)ccc1OC(C)C. The number of nitrogens with zero attached hydrogens (tertiary/aromatic N) is 4. The molecule has 3 aromatic rings. The Kier molecular flexibility index (Phi) is 6.04. The number of ether oxygens (including phenoxy) is 2. The summed E-state index contributed by atoms with van der Waals surface area (Å²) in [7, 11) is 1.59. The van der Waals surface area contributed by atoms with Gasteiger partial charge in [-0.05, 0) is 74.4 Å². The number of nitrogens with one attached hydrogen (secondary N) is 2. The molecule has 9 nitrogen and oxygen atoms in total. The maximum Gasteiger partial charge on any atom is 0.255 e. The number of carbonyl (C=O) groups excluding carboxylic acids is 1. The average molecular weight is 449 g/mol. The number of amides is 1. The smallest absolute Gasteiger partial charge is 0.255 e. The predicted octanol–water partition coefficient (Wildman–Crippen LogP) is 4.01. The summed E-state index contributed by atoms with van der Waals surface area (Å²) in [5.41, 5.74) is 4.85. The minimum Gasteiger partial charge on any atom is -0.493 e. The number of hydrogen-bond acceptors (Lipinski definition) is 7. The monoisotopic (exact) mass is 448 g/mol. The van der Waals surface area contributed by atoms with Crippen molar-refractivity contribution in [2.24, 2.45) is 0 Å². The lowest BCUT2D eigenvalue weighted by Gasteiger charge is -2.28. The molecular formula is C24H28N6O3. The van der Waals surface area contributed by atoms with Gasteiger partial charge in [0.05, 0.1) is 18.8 Å². The highest BCUT2D eigenvalue weighted by Crippen LogP contribution is 2.39. The molecule has 1 unspecified atom stereocenters. The molecule has 1 aliphatic heterocycles. The van der Waals surface area contributed by atoms with Gasteiger partial charge in [0.1, 0.15) is 6.04 Å². The first-order chi connectivity index (χ1) is 15.8. The van der Waals surface area contributed by atoms with E-state index in [2.05, 4.69) is 26.2 Å². The minimum atomic E-state index is -0.552. The van der Waals surface area contributed by atoms with Crippen LogP contribution in [0, 0.1) is 13.8 Å². The summed E-state index contributed by atoms with van der Waals surface area (Å²) >= 11 is 0. The van der Waals surface area contributed by atoms with Crippen LogP contribution in [0.3, 0.4) is 0 Å². The number of rotatable bonds is 6. The molecule has 2 heterocycles. The van der Waals surface area contributed by atoms with Crippen LogP contribution in [0.15, 0.2) is 47.7 Å². The molecule has 172 valence electrons. The van der Waals surface area contributed by atoms with Crippen LogP contribution in [0.4, 0.5) is 11.6 Å². The molecule has 0 saturated heterocycles. The van der Waals surface area contributed by atoms with E-state index in [0.717, 1.165) is 22.4 Å². The van der Waals surface area contributed by atoms with Crippen LogP contribution in [-0.4, -0.2) is 39.3 Å². The number of benzene rings is 2. The number of carbonyl (C=O) groups is 1. The Morgan fingerprint density at radius 3 is 2.61 bits per heavy atom. The molecule has 0 radical (unpaired) electrons. The lowest BCUT2D eigenvalue weighted by Crippen LogP contribution is -2.31. The van der Waals surface area contributed by atoms with Gasteiger partial charge >= 0.3 is 0 Å². The van der Waals surface area contributed by atoms with E-state index in [1.165, 1.54) is 0 Å². The summed E-state index contributed by atoms with van der Waals surface area (Å²) < 4.78 is 13.0. The molecule has 0 aliphatic carbocycles. The van der Waals surface area contributed by atoms with Crippen molar-refractivity contribution in [3.63, 3.8) is 0 Å². The molecule has 2 aromatic carbocycles. The van der Waals surface area contributed by atoms with E-state index in [4.69, 9.17) is 9.47 Å². The Hall–Kier alpha value is -3.88. The van der Waals surface area contributed by atoms with Gasteiger partial charge in [0.25, 0.3) is 5.91 Å². The number of methoxy groups -OCH3 is 1. The van der Waals surface area contributed by atoms with E-state index in [0.29, 0.717) is 28.7 Å². The van der Waals surface area contributed by atoms with Crippen molar-refractivity contribution in [3.8, 4) is 11.5 Å². The van der Waals surface area contributed by atoms with Gasteiger partial charge < -0.3 is 20.1 Å². The van der Waals surface area contributed by atoms with Crippen molar-refractivity contribution in [3.05, 3.63) is 64.4 Å². The Balaban J connectivity index is 1.76. The summed E-state index contributed by atoms with van der Waals surface area (Å²) in [6.07, 6.45) is -0.00373. The minimum absolute atomic E-state index is 0.00373. The molecule has 1 aromatic heterocycles. The number of allylic oxidation sites excluding steroid dienone is 1. The molecule has 0 bridgehead atoms. The summed E-state index contributed by atoms with van der Waals surface area (Å²) in [4.78, 5) is 13.6. The Morgan fingerprint density at radius 1 is 1.12 bits per heavy atom. The first-order valence-electron chi connectivity index (χ1n) is 10.8. The van der Waals surface area contributed by atoms with Gasteiger partial charge in [-0.3, -0.25) is 4.79 Å². The van der Waals surface area contributed by atoms with E-state index < -0.39 is 6.04 Å². The molecule has 1 amide bonds. The molecule has 0 fully saturated rings. The molecule has 33 heavy (non-hydrogen) atoms. The van der Waals surface area contributed by atoms with Crippen LogP contribution in [0.1, 0.15) is 43.5 Å². The number of fused-ring (bicyclic) bond motifs is 1. The molecular weight excluding hydrogens is 420 g/mol. The second-order valence-electron chi connectivity index (χ2n) is 8.36. The van der Waals surface area contributed by atoms with Crippen LogP contribution < -0.4 is 20.1 Å². The highest BCUT2D eigenvalue weighted by Gasteiger charge is 2.34. The number of hydrogen-bond donors (Lipinski definition) is 2. The van der Waals surface area contributed by atoms with Gasteiger partial charge in [-0.25, -0.2) is 0 Å². The summed E-state index contributed by atoms with van der Waals surface area (Å²) in [6, 6.07) is 11.0. The third kappa shape index (κ3) is 4.39. The molecule has 0 spiro atoms. The fourth-order valence-corrected chi connectivity index (χ4v) is 3.96. The zero-order chi connectivity index (χ0) is 23.7. The molecule has 2 N–H and O–H groups in total. The molecule has 0 saturated carbocycles. The lowest BCUT2D eigenvalue weighted by molar-refractivity contribution is -0.113. The van der Waals surface area contributed by atoms with Crippen molar-refractivity contribution < 1.29 is 14.3 Å². The molecule has 1 atom stereocenters. The third-order valence-corrected chi connectivity index (χ3v) is 5.45. The van der Waals surface area contributed by atoms with E-state index in [1.807, 2.05) is 71.0 Å². The zero-order valence-electron chi connectivity index (χ0n) is 19.6. The fourth-order valence-electron chi connectivity index (χ4n) is 3.96. The van der Waals surface area contributed by atoms with E-state index in [9.17, 15) is 4.79 Å². The standard InChI is InChI=1S/C24H28N6O3/c1-13(2)33-19-10-8-17(12-20(19)32-6)22-21(16(5)25-24-27-28-29-30(22)24)23(31)26-18-9-7-14(3)11-15(18)4/h7-13,22H,1-6H3,(H,26,31)(H,25,27,29). The van der Waals surface area contributed by atoms with Gasteiger partial charge in [-0.2, -0.15) is 4.68 Å². The van der Waals surface area contributed by atoms with Gasteiger partial charge in [-0.15, -0.1) is 0 Å². The van der Waals surface area contributed by atoms with Crippen molar-refractivity contribution in [1.82, 2.24) is 20.2 Å². The number of aromatic nitrogens is 4. The van der Waals surface area contributed by atoms with Gasteiger partial charge in [0, 0.05) is 11.4 Å². The third-order valence-electron chi connectivity index (χ3n) is 5.45. The highest BCUT2D eigenvalue weighted by atomic mass is 16.5. The lowest BCUT2D eigenvalue weighted by atomic mass is 9.94. The number of tetrazole rings is 1. The van der Waals surface area contributed by atoms with Crippen molar-refractivity contribution >= 4 is 17.5 Å². The van der Waals surface area contributed by atoms with Crippen LogP contribution in [0.5, 0.6) is 11.5 Å². The summed E-state index contributed by atoms with van der Waals surface area (Å²) in [5.74, 6) is 1.42. The number of aryl methyl sites for hydroxylation is 2. The van der Waals surface area contributed by atoms with Crippen LogP contribution in [0.25, 0.3) is 0 Å². The van der Waals surface area contributed by atoms with E-state index in [-0.39, 0.29) is 12.0 Å². The molecule has 4 rings (SSSR count). The quantitative estimate of drug-likeness (QED) is 0.587. The highest BCUT2D eigenvalue weighted by molar-refractivity contribution is 6.06. The van der Waals surface area contributed by atoms with Crippen LogP contribution >= 0.6 is 0 Å². The Morgan fingerprint density at radius 2 is 1.91 bits per heavy atom. The van der Waals surface area contributed by atoms with Crippen LogP contribution in [-0.2, 0) is 4.79 Å². The summed E-state index contributed by atoms with van der Waals surface area (Å²) in [5, 5.41) is 18.2. The topological polar surface area (TPSA) is 103 Å². The first kappa shape index (κ1) is 22.3. The average Bonchev–Trinajstić information content (AvgIpc) is 3.22. The maximum atomic E-state index is 13.6. The van der Waals surface area contributed by atoms with Crippen molar-refractivity contribution in [2.75, 3.05) is 17.7 Å². The number of anilines is 2. The molecule has 9 heteroatoms. The van der Waals surface area contributed by atoms with E-state index >= 15 is 0 Å². The van der Waals surface area contributed by atoms with Gasteiger partial charge in [0.2, 0.25) is 5.95 Å². The zero-order valence-corrected chi connectivity index (χ0v) is 19.6. The van der Waals surface area contributed by atoms with Crippen molar-refractivity contribution in [2.45, 2.75) is 46.8 Å². The molecule has 1 aliphatic rings. The van der Waals surface area contributed by atoms with Gasteiger partial charge in [-0.1, -0.05) is 28.9 Å². The van der Waals surface area contributed by atoms with Crippen LogP contribution in [0.2, 0.25) is 0 Å². The summed E-state index contributed by atoms with van der Waals surface area (Å²) in [6.45, 7) is 9.74. The second-order valence-corrected chi connectivity index (χ2v) is 8.36. The normalized spacial score (nSPS) is 15.2. The van der Waals surface area contributed by atoms with Crippen molar-refractivity contribution in [1.29, 1.82) is 0 Å². The van der Waals surface area contributed by atoms with E-state index in [1.54, 1.807) is 11.8 Å².